The number of sulfone groups is 1. The van der Waals surface area contributed by atoms with Crippen LogP contribution in [0.3, 0.4) is 0 Å². The lowest BCUT2D eigenvalue weighted by molar-refractivity contribution is 0.0742. The van der Waals surface area contributed by atoms with E-state index in [0.29, 0.717) is 12.1 Å². The molecule has 144 valence electrons. The van der Waals surface area contributed by atoms with Crippen LogP contribution in [-0.4, -0.2) is 48.8 Å². The van der Waals surface area contributed by atoms with E-state index in [1.165, 1.54) is 10.5 Å². The maximum Gasteiger partial charge on any atom is 0.272 e. The van der Waals surface area contributed by atoms with Crippen molar-refractivity contribution in [2.75, 3.05) is 23.9 Å². The number of para-hydroxylation sites is 1. The van der Waals surface area contributed by atoms with Gasteiger partial charge in [-0.05, 0) is 43.0 Å². The molecule has 0 saturated carbocycles. The topological polar surface area (TPSA) is 79.4 Å². The van der Waals surface area contributed by atoms with Gasteiger partial charge in [-0.1, -0.05) is 25.1 Å². The second-order valence-electron chi connectivity index (χ2n) is 6.99. The Morgan fingerprint density at radius 3 is 2.78 bits per heavy atom. The fourth-order valence-corrected chi connectivity index (χ4v) is 5.17. The molecule has 6 nitrogen and oxygen atoms in total. The molecule has 1 aliphatic heterocycles. The van der Waals surface area contributed by atoms with E-state index >= 15 is 0 Å². The first-order valence-corrected chi connectivity index (χ1v) is 10.9. The van der Waals surface area contributed by atoms with Crippen molar-refractivity contribution in [3.63, 3.8) is 0 Å². The zero-order valence-electron chi connectivity index (χ0n) is 15.9. The van der Waals surface area contributed by atoms with Crippen molar-refractivity contribution in [2.45, 2.75) is 32.7 Å². The largest absolute Gasteiger partial charge is 0.355 e. The van der Waals surface area contributed by atoms with Crippen molar-refractivity contribution in [1.29, 1.82) is 0 Å². The van der Waals surface area contributed by atoms with E-state index < -0.39 is 9.84 Å². The van der Waals surface area contributed by atoms with Gasteiger partial charge in [0.05, 0.1) is 11.5 Å². The van der Waals surface area contributed by atoms with Crippen LogP contribution >= 0.6 is 0 Å². The molecule has 27 heavy (non-hydrogen) atoms. The van der Waals surface area contributed by atoms with Crippen LogP contribution in [-0.2, 0) is 16.3 Å². The number of nitrogens with zero attached hydrogens (tertiary/aromatic N) is 2. The lowest BCUT2D eigenvalue weighted by Crippen LogP contribution is -2.38. The van der Waals surface area contributed by atoms with Gasteiger partial charge < -0.3 is 10.2 Å². The van der Waals surface area contributed by atoms with E-state index in [1.807, 2.05) is 25.1 Å². The minimum Gasteiger partial charge on any atom is -0.355 e. The Kier molecular flexibility index (Phi) is 5.51. The number of nitrogens with one attached hydrogen (secondary N) is 1. The number of hydrogen-bond acceptors (Lipinski definition) is 5. The van der Waals surface area contributed by atoms with Gasteiger partial charge in [0, 0.05) is 30.7 Å². The highest BCUT2D eigenvalue weighted by Gasteiger charge is 2.33. The fraction of sp³-hybridized carbons (Fsp3) is 0.400. The minimum atomic E-state index is -3.04. The van der Waals surface area contributed by atoms with Crippen molar-refractivity contribution in [3.05, 3.63) is 53.3 Å². The predicted octanol–water partition coefficient (Wildman–Crippen LogP) is 2.96. The third-order valence-electron chi connectivity index (χ3n) is 5.06. The molecular weight excluding hydrogens is 362 g/mol. The number of amides is 1. The molecular formula is C20H25N3O3S. The van der Waals surface area contributed by atoms with Gasteiger partial charge in [-0.25, -0.2) is 8.42 Å². The first-order valence-electron chi connectivity index (χ1n) is 9.10. The number of pyridine rings is 1. The first kappa shape index (κ1) is 19.4. The zero-order chi connectivity index (χ0) is 19.6. The summed E-state index contributed by atoms with van der Waals surface area (Å²) in [5.74, 6) is -0.102. The molecule has 0 radical (unpaired) electrons. The molecule has 7 heteroatoms. The first-order chi connectivity index (χ1) is 12.8. The quantitative estimate of drug-likeness (QED) is 0.853. The van der Waals surface area contributed by atoms with E-state index in [9.17, 15) is 13.2 Å². The molecule has 1 fully saturated rings. The third kappa shape index (κ3) is 4.30. The van der Waals surface area contributed by atoms with E-state index in [1.54, 1.807) is 19.3 Å². The summed E-state index contributed by atoms with van der Waals surface area (Å²) in [5, 5.41) is 3.40. The summed E-state index contributed by atoms with van der Waals surface area (Å²) in [6, 6.07) is 9.41. The SMILES string of the molecule is CCc1cccc(C)c1Nc1ccnc(C(=O)N(C)C2CCS(=O)(=O)C2)c1. The van der Waals surface area contributed by atoms with Crippen LogP contribution in [0.5, 0.6) is 0 Å². The Morgan fingerprint density at radius 1 is 1.33 bits per heavy atom. The fourth-order valence-electron chi connectivity index (χ4n) is 3.40. The molecule has 1 unspecified atom stereocenters. The van der Waals surface area contributed by atoms with Gasteiger partial charge >= 0.3 is 0 Å². The molecule has 1 aromatic heterocycles. The normalized spacial score (nSPS) is 18.3. The minimum absolute atomic E-state index is 0.0241. The number of aromatic nitrogens is 1. The summed E-state index contributed by atoms with van der Waals surface area (Å²) >= 11 is 0. The van der Waals surface area contributed by atoms with Crippen molar-refractivity contribution in [3.8, 4) is 0 Å². The Labute approximate surface area is 160 Å². The van der Waals surface area contributed by atoms with E-state index in [4.69, 9.17) is 0 Å². The zero-order valence-corrected chi connectivity index (χ0v) is 16.7. The molecule has 1 saturated heterocycles. The molecule has 3 rings (SSSR count). The van der Waals surface area contributed by atoms with Crippen LogP contribution in [0.2, 0.25) is 0 Å². The van der Waals surface area contributed by atoms with Gasteiger partial charge in [0.15, 0.2) is 9.84 Å². The monoisotopic (exact) mass is 387 g/mol. The molecule has 0 bridgehead atoms. The summed E-state index contributed by atoms with van der Waals surface area (Å²) in [7, 11) is -1.40. The summed E-state index contributed by atoms with van der Waals surface area (Å²) in [6.07, 6.45) is 2.98. The average molecular weight is 388 g/mol. The summed E-state index contributed by atoms with van der Waals surface area (Å²) in [4.78, 5) is 18.5. The van der Waals surface area contributed by atoms with Gasteiger partial charge in [0.2, 0.25) is 0 Å². The number of aryl methyl sites for hydroxylation is 2. The molecule has 1 N–H and O–H groups in total. The Hall–Kier alpha value is -2.41. The average Bonchev–Trinajstić information content (AvgIpc) is 3.02. The predicted molar refractivity (Wildman–Crippen MR) is 107 cm³/mol. The maximum atomic E-state index is 12.8. The highest BCUT2D eigenvalue weighted by molar-refractivity contribution is 7.91. The van der Waals surface area contributed by atoms with E-state index in [0.717, 1.165) is 23.4 Å². The lowest BCUT2D eigenvalue weighted by atomic mass is 10.1. The molecule has 1 amide bonds. The maximum absolute atomic E-state index is 12.8. The van der Waals surface area contributed by atoms with E-state index in [-0.39, 0.29) is 23.5 Å². The molecule has 0 aliphatic carbocycles. The summed E-state index contributed by atoms with van der Waals surface area (Å²) < 4.78 is 23.4. The van der Waals surface area contributed by atoms with Gasteiger partial charge in [0.1, 0.15) is 5.69 Å². The summed E-state index contributed by atoms with van der Waals surface area (Å²) in [6.45, 7) is 4.15. The van der Waals surface area contributed by atoms with Gasteiger partial charge in [0.25, 0.3) is 5.91 Å². The molecule has 2 aromatic rings. The number of hydrogen-bond donors (Lipinski definition) is 1. The van der Waals surface area contributed by atoms with Crippen molar-refractivity contribution in [1.82, 2.24) is 9.88 Å². The van der Waals surface area contributed by atoms with Crippen LogP contribution in [0.15, 0.2) is 36.5 Å². The molecule has 1 atom stereocenters. The molecule has 1 aromatic carbocycles. The van der Waals surface area contributed by atoms with E-state index in [2.05, 4.69) is 23.3 Å². The number of carbonyl (C=O) groups excluding carboxylic acids is 1. The second kappa shape index (κ2) is 7.68. The smallest absolute Gasteiger partial charge is 0.272 e. The molecule has 1 aliphatic rings. The van der Waals surface area contributed by atoms with Crippen molar-refractivity contribution < 1.29 is 13.2 Å². The van der Waals surface area contributed by atoms with Gasteiger partial charge in [-0.15, -0.1) is 0 Å². The van der Waals surface area contributed by atoms with Crippen LogP contribution in [0, 0.1) is 6.92 Å². The number of carbonyl (C=O) groups is 1. The van der Waals surface area contributed by atoms with Gasteiger partial charge in [-0.3, -0.25) is 9.78 Å². The molecule has 2 heterocycles. The number of benzene rings is 1. The van der Waals surface area contributed by atoms with Crippen LogP contribution in [0.25, 0.3) is 0 Å². The van der Waals surface area contributed by atoms with Gasteiger partial charge in [-0.2, -0.15) is 0 Å². The highest BCUT2D eigenvalue weighted by Crippen LogP contribution is 2.26. The highest BCUT2D eigenvalue weighted by atomic mass is 32.2. The lowest BCUT2D eigenvalue weighted by Gasteiger charge is -2.23. The van der Waals surface area contributed by atoms with Crippen molar-refractivity contribution >= 4 is 27.1 Å². The number of rotatable bonds is 5. The Bertz CT molecular complexity index is 957. The Balaban J connectivity index is 1.81. The number of anilines is 2. The third-order valence-corrected chi connectivity index (χ3v) is 6.82. The van der Waals surface area contributed by atoms with Crippen LogP contribution in [0.4, 0.5) is 11.4 Å². The second-order valence-corrected chi connectivity index (χ2v) is 9.22. The molecule has 0 spiro atoms. The summed E-state index contributed by atoms with van der Waals surface area (Å²) in [5.41, 5.74) is 4.46. The Morgan fingerprint density at radius 2 is 2.11 bits per heavy atom. The van der Waals surface area contributed by atoms with Crippen LogP contribution < -0.4 is 5.32 Å². The van der Waals surface area contributed by atoms with Crippen molar-refractivity contribution in [2.24, 2.45) is 0 Å². The van der Waals surface area contributed by atoms with Crippen LogP contribution in [0.1, 0.15) is 35.0 Å². The standard InChI is InChI=1S/C20H25N3O3S/c1-4-15-7-5-6-14(2)19(15)22-16-8-10-21-18(12-16)20(24)23(3)17-9-11-27(25,26)13-17/h5-8,10,12,17H,4,9,11,13H2,1-3H3,(H,21,22).